The predicted molar refractivity (Wildman–Crippen MR) is 89.6 cm³/mol. The quantitative estimate of drug-likeness (QED) is 0.704. The van der Waals surface area contributed by atoms with Crippen molar-refractivity contribution in [3.8, 4) is 5.75 Å². The largest absolute Gasteiger partial charge is 0.496 e. The van der Waals surface area contributed by atoms with Gasteiger partial charge in [-0.25, -0.2) is 25.9 Å². The summed E-state index contributed by atoms with van der Waals surface area (Å²) >= 11 is 0. The van der Waals surface area contributed by atoms with Crippen molar-refractivity contribution in [2.45, 2.75) is 25.2 Å². The van der Waals surface area contributed by atoms with E-state index in [0.29, 0.717) is 24.3 Å². The standard InChI is InChI=1S/C14H24N2O5S2/c1-5-9-16(22(4,17)18)10-8-15-23(19,20)13-6-7-14(21-3)12(2)11-13/h6-7,11,15H,5,8-10H2,1-4H3. The molecule has 0 unspecified atom stereocenters. The Kier molecular flexibility index (Phi) is 7.00. The van der Waals surface area contributed by atoms with Gasteiger partial charge >= 0.3 is 0 Å². The second-order valence-electron chi connectivity index (χ2n) is 5.19. The molecule has 1 N–H and O–H groups in total. The lowest BCUT2D eigenvalue weighted by Gasteiger charge is -2.19. The van der Waals surface area contributed by atoms with E-state index in [1.54, 1.807) is 13.0 Å². The van der Waals surface area contributed by atoms with E-state index in [1.165, 1.54) is 23.5 Å². The van der Waals surface area contributed by atoms with Gasteiger partial charge in [0.15, 0.2) is 0 Å². The number of methoxy groups -OCH3 is 1. The summed E-state index contributed by atoms with van der Waals surface area (Å²) < 4.78 is 56.5. The Balaban J connectivity index is 2.78. The predicted octanol–water partition coefficient (Wildman–Crippen LogP) is 0.954. The molecule has 0 bridgehead atoms. The lowest BCUT2D eigenvalue weighted by Crippen LogP contribution is -2.38. The summed E-state index contributed by atoms with van der Waals surface area (Å²) in [4.78, 5) is 0.122. The van der Waals surface area contributed by atoms with Gasteiger partial charge in [0.05, 0.1) is 18.3 Å². The van der Waals surface area contributed by atoms with Gasteiger partial charge in [0, 0.05) is 19.6 Å². The number of ether oxygens (including phenoxy) is 1. The molecule has 0 saturated carbocycles. The Bertz CT molecular complexity index is 730. The molecule has 7 nitrogen and oxygen atoms in total. The molecule has 1 aromatic rings. The Morgan fingerprint density at radius 1 is 1.17 bits per heavy atom. The van der Waals surface area contributed by atoms with E-state index in [1.807, 2.05) is 6.92 Å². The maximum atomic E-state index is 12.3. The fourth-order valence-corrected chi connectivity index (χ4v) is 4.14. The fraction of sp³-hybridized carbons (Fsp3) is 0.571. The fourth-order valence-electron chi connectivity index (χ4n) is 2.10. The molecule has 1 aromatic carbocycles. The van der Waals surface area contributed by atoms with E-state index in [0.717, 1.165) is 6.26 Å². The lowest BCUT2D eigenvalue weighted by molar-refractivity contribution is 0.411. The van der Waals surface area contributed by atoms with E-state index in [2.05, 4.69) is 4.72 Å². The zero-order valence-corrected chi connectivity index (χ0v) is 15.5. The number of benzene rings is 1. The summed E-state index contributed by atoms with van der Waals surface area (Å²) in [6.45, 7) is 4.09. The number of hydrogen-bond acceptors (Lipinski definition) is 5. The van der Waals surface area contributed by atoms with Crippen LogP contribution in [0.4, 0.5) is 0 Å². The van der Waals surface area contributed by atoms with Gasteiger partial charge in [0.1, 0.15) is 5.75 Å². The maximum absolute atomic E-state index is 12.3. The highest BCUT2D eigenvalue weighted by molar-refractivity contribution is 7.89. The third-order valence-electron chi connectivity index (χ3n) is 3.27. The lowest BCUT2D eigenvalue weighted by atomic mass is 10.2. The minimum absolute atomic E-state index is 0.0144. The van der Waals surface area contributed by atoms with Crippen LogP contribution in [0.15, 0.2) is 23.1 Å². The van der Waals surface area contributed by atoms with Crippen LogP contribution in [-0.4, -0.2) is 54.1 Å². The molecule has 0 aliphatic carbocycles. The first-order valence-electron chi connectivity index (χ1n) is 7.21. The highest BCUT2D eigenvalue weighted by Crippen LogP contribution is 2.21. The van der Waals surface area contributed by atoms with Crippen molar-refractivity contribution in [1.29, 1.82) is 0 Å². The summed E-state index contributed by atoms with van der Waals surface area (Å²) in [6, 6.07) is 4.56. The van der Waals surface area contributed by atoms with Gasteiger partial charge in [-0.2, -0.15) is 0 Å². The zero-order valence-electron chi connectivity index (χ0n) is 13.9. The Morgan fingerprint density at radius 3 is 2.30 bits per heavy atom. The molecule has 0 aromatic heterocycles. The van der Waals surface area contributed by atoms with Gasteiger partial charge in [-0.15, -0.1) is 0 Å². The average Bonchev–Trinajstić information content (AvgIpc) is 2.45. The van der Waals surface area contributed by atoms with Gasteiger partial charge in [-0.3, -0.25) is 0 Å². The van der Waals surface area contributed by atoms with Crippen molar-refractivity contribution in [1.82, 2.24) is 9.03 Å². The summed E-state index contributed by atoms with van der Waals surface area (Å²) in [5.74, 6) is 0.607. The average molecular weight is 364 g/mol. The van der Waals surface area contributed by atoms with E-state index in [4.69, 9.17) is 4.74 Å². The van der Waals surface area contributed by atoms with Crippen molar-refractivity contribution in [3.05, 3.63) is 23.8 Å². The highest BCUT2D eigenvalue weighted by Gasteiger charge is 2.18. The number of rotatable bonds is 9. The van der Waals surface area contributed by atoms with Crippen molar-refractivity contribution in [2.75, 3.05) is 33.0 Å². The molecule has 132 valence electrons. The van der Waals surface area contributed by atoms with Crippen LogP contribution in [0.5, 0.6) is 5.75 Å². The third-order valence-corrected chi connectivity index (χ3v) is 6.03. The molecule has 23 heavy (non-hydrogen) atoms. The van der Waals surface area contributed by atoms with Crippen molar-refractivity contribution < 1.29 is 21.6 Å². The molecule has 9 heteroatoms. The molecule has 0 saturated heterocycles. The highest BCUT2D eigenvalue weighted by atomic mass is 32.2. The molecule has 0 atom stereocenters. The molecule has 1 rings (SSSR count). The van der Waals surface area contributed by atoms with Gasteiger partial charge < -0.3 is 4.74 Å². The minimum Gasteiger partial charge on any atom is -0.496 e. The number of nitrogens with zero attached hydrogens (tertiary/aromatic N) is 1. The number of nitrogens with one attached hydrogen (secondary N) is 1. The number of aryl methyl sites for hydroxylation is 1. The smallest absolute Gasteiger partial charge is 0.240 e. The molecule has 0 radical (unpaired) electrons. The van der Waals surface area contributed by atoms with Crippen LogP contribution < -0.4 is 9.46 Å². The topological polar surface area (TPSA) is 92.8 Å². The zero-order chi connectivity index (χ0) is 17.7. The van der Waals surface area contributed by atoms with Crippen LogP contribution in [0, 0.1) is 6.92 Å². The van der Waals surface area contributed by atoms with Gasteiger partial charge in [0.2, 0.25) is 20.0 Å². The number of hydrogen-bond donors (Lipinski definition) is 1. The summed E-state index contributed by atoms with van der Waals surface area (Å²) in [5, 5.41) is 0. The summed E-state index contributed by atoms with van der Waals surface area (Å²) in [5.41, 5.74) is 0.708. The minimum atomic E-state index is -3.69. The second kappa shape index (κ2) is 8.09. The van der Waals surface area contributed by atoms with Crippen LogP contribution in [0.1, 0.15) is 18.9 Å². The first-order chi connectivity index (χ1) is 10.6. The Hall–Kier alpha value is -1.16. The first-order valence-corrected chi connectivity index (χ1v) is 10.5. The maximum Gasteiger partial charge on any atom is 0.240 e. The van der Waals surface area contributed by atoms with Crippen LogP contribution in [0.25, 0.3) is 0 Å². The van der Waals surface area contributed by atoms with E-state index in [-0.39, 0.29) is 18.0 Å². The van der Waals surface area contributed by atoms with Crippen LogP contribution in [0.3, 0.4) is 0 Å². The molecular weight excluding hydrogens is 340 g/mol. The third kappa shape index (κ3) is 5.76. The summed E-state index contributed by atoms with van der Waals surface area (Å²) in [7, 11) is -5.52. The van der Waals surface area contributed by atoms with E-state index >= 15 is 0 Å². The van der Waals surface area contributed by atoms with Gasteiger partial charge in [-0.1, -0.05) is 6.92 Å². The number of sulfonamides is 2. The molecule has 0 fully saturated rings. The van der Waals surface area contributed by atoms with Gasteiger partial charge in [-0.05, 0) is 37.1 Å². The Labute approximate surface area is 138 Å². The van der Waals surface area contributed by atoms with Gasteiger partial charge in [0.25, 0.3) is 0 Å². The molecule has 0 spiro atoms. The van der Waals surface area contributed by atoms with Crippen molar-refractivity contribution in [2.24, 2.45) is 0 Å². The Morgan fingerprint density at radius 2 is 1.83 bits per heavy atom. The van der Waals surface area contributed by atoms with Crippen LogP contribution in [-0.2, 0) is 20.0 Å². The normalized spacial score (nSPS) is 12.6. The first kappa shape index (κ1) is 19.9. The molecule has 0 heterocycles. The van der Waals surface area contributed by atoms with E-state index < -0.39 is 20.0 Å². The molecule has 0 amide bonds. The van der Waals surface area contributed by atoms with Crippen LogP contribution >= 0.6 is 0 Å². The molecule has 0 aliphatic heterocycles. The monoisotopic (exact) mass is 364 g/mol. The van der Waals surface area contributed by atoms with E-state index in [9.17, 15) is 16.8 Å². The molecular formula is C14H24N2O5S2. The second-order valence-corrected chi connectivity index (χ2v) is 8.94. The van der Waals surface area contributed by atoms with Crippen molar-refractivity contribution >= 4 is 20.0 Å². The molecule has 0 aliphatic rings. The van der Waals surface area contributed by atoms with Crippen LogP contribution in [0.2, 0.25) is 0 Å². The van der Waals surface area contributed by atoms with Crippen molar-refractivity contribution in [3.63, 3.8) is 0 Å². The summed E-state index contributed by atoms with van der Waals surface area (Å²) in [6.07, 6.45) is 1.78. The SMILES string of the molecule is CCCN(CCNS(=O)(=O)c1ccc(OC)c(C)c1)S(C)(=O)=O.